The number of carbonyl (C=O) groups excluding carboxylic acids is 4. The predicted octanol–water partition coefficient (Wildman–Crippen LogP) is 2.20. The summed E-state index contributed by atoms with van der Waals surface area (Å²) < 4.78 is 0. The Morgan fingerprint density at radius 1 is 1.00 bits per heavy atom. The molecule has 5 atom stereocenters. The summed E-state index contributed by atoms with van der Waals surface area (Å²) in [6, 6.07) is 6.10. The zero-order valence-electron chi connectivity index (χ0n) is 24.5. The van der Waals surface area contributed by atoms with Gasteiger partial charge >= 0.3 is 0 Å². The molecule has 10 nitrogen and oxygen atoms in total. The van der Waals surface area contributed by atoms with Gasteiger partial charge in [0.25, 0.3) is 5.91 Å². The largest absolute Gasteiger partial charge is 0.392 e. The van der Waals surface area contributed by atoms with Gasteiger partial charge in [0.2, 0.25) is 17.7 Å². The smallest absolute Gasteiger partial charge is 0.261 e. The summed E-state index contributed by atoms with van der Waals surface area (Å²) in [6.07, 6.45) is 5.14. The Balaban J connectivity index is 1.89. The first-order chi connectivity index (χ1) is 18.8. The Morgan fingerprint density at radius 3 is 2.42 bits per heavy atom. The standard InChI is InChI=1S/C30H45N5O5/c1-18(2)25-28(39)33-30(5,6)29(40)35-16-10-14-23(34-35)27(38)31-20(4)22-13-9-12-21(17-22)11-7-8-15-24(36)19(3)26(37)32-25/h7,9,11-13,17-20,23-25,34,36H,8,10,14-16H2,1-6H3,(H,31,38)(H,32,37)(H,33,39)/t19-,20-,23+,24?,25+/m1/s1. The van der Waals surface area contributed by atoms with Crippen molar-refractivity contribution in [2.24, 2.45) is 11.8 Å². The number of aliphatic hydroxyl groups excluding tert-OH is 1. The minimum atomic E-state index is -1.30. The fourth-order valence-corrected chi connectivity index (χ4v) is 4.96. The Hall–Kier alpha value is -3.24. The van der Waals surface area contributed by atoms with Gasteiger partial charge in [0.05, 0.1) is 18.1 Å². The SMILES string of the molecule is CC(C)[C@@H]1NC(=O)[C@H](C)C(O)CCC=Cc2cccc(c2)[C@@H](C)NC(=O)[C@@H]2CCCN(N2)C(=O)C(C)(C)NC1=O. The van der Waals surface area contributed by atoms with Crippen LogP contribution in [0.15, 0.2) is 30.3 Å². The number of allylic oxidation sites excluding steroid dienone is 1. The summed E-state index contributed by atoms with van der Waals surface area (Å²) in [5, 5.41) is 20.7. The molecule has 220 valence electrons. The molecule has 0 radical (unpaired) electrons. The van der Waals surface area contributed by atoms with E-state index in [1.54, 1.807) is 34.6 Å². The number of nitrogens with zero attached hydrogens (tertiary/aromatic N) is 1. The third-order valence-electron chi connectivity index (χ3n) is 7.66. The van der Waals surface area contributed by atoms with Crippen molar-refractivity contribution >= 4 is 29.7 Å². The third kappa shape index (κ3) is 7.91. The van der Waals surface area contributed by atoms with Crippen LogP contribution in [0.1, 0.15) is 84.4 Å². The van der Waals surface area contributed by atoms with E-state index >= 15 is 0 Å². The zero-order valence-corrected chi connectivity index (χ0v) is 24.5. The van der Waals surface area contributed by atoms with E-state index < -0.39 is 41.5 Å². The highest BCUT2D eigenvalue weighted by molar-refractivity contribution is 5.94. The van der Waals surface area contributed by atoms with E-state index in [0.29, 0.717) is 32.2 Å². The van der Waals surface area contributed by atoms with E-state index in [1.807, 2.05) is 43.3 Å². The Kier molecular flexibility index (Phi) is 10.5. The molecule has 1 fully saturated rings. The maximum Gasteiger partial charge on any atom is 0.261 e. The molecule has 0 aromatic heterocycles. The Morgan fingerprint density at radius 2 is 1.73 bits per heavy atom. The first-order valence-electron chi connectivity index (χ1n) is 14.3. The normalized spacial score (nSPS) is 29.1. The first-order valence-corrected chi connectivity index (χ1v) is 14.3. The molecule has 4 bridgehead atoms. The van der Waals surface area contributed by atoms with Crippen LogP contribution in [-0.4, -0.2) is 64.0 Å². The summed E-state index contributed by atoms with van der Waals surface area (Å²) in [5.41, 5.74) is 3.65. The fraction of sp³-hybridized carbons (Fsp3) is 0.600. The number of nitrogens with one attached hydrogen (secondary N) is 4. The van der Waals surface area contributed by atoms with Gasteiger partial charge in [0.15, 0.2) is 0 Å². The average molecular weight is 556 g/mol. The van der Waals surface area contributed by atoms with Crippen molar-refractivity contribution in [3.05, 3.63) is 41.5 Å². The number of amides is 4. The van der Waals surface area contributed by atoms with Crippen LogP contribution in [-0.2, 0) is 19.2 Å². The quantitative estimate of drug-likeness (QED) is 0.360. The number of rotatable bonds is 1. The molecule has 0 saturated carbocycles. The Bertz CT molecular complexity index is 1120. The molecule has 10 heteroatoms. The van der Waals surface area contributed by atoms with E-state index in [4.69, 9.17) is 0 Å². The highest BCUT2D eigenvalue weighted by Gasteiger charge is 2.39. The number of hydrogen-bond acceptors (Lipinski definition) is 6. The summed E-state index contributed by atoms with van der Waals surface area (Å²) >= 11 is 0. The molecule has 4 amide bonds. The van der Waals surface area contributed by atoms with Crippen LogP contribution in [0.3, 0.4) is 0 Å². The van der Waals surface area contributed by atoms with Gasteiger partial charge in [-0.2, -0.15) is 0 Å². The Labute approximate surface area is 237 Å². The van der Waals surface area contributed by atoms with Crippen molar-refractivity contribution in [3.63, 3.8) is 0 Å². The lowest BCUT2D eigenvalue weighted by Gasteiger charge is -2.39. The summed E-state index contributed by atoms with van der Waals surface area (Å²) in [4.78, 5) is 52.9. The van der Waals surface area contributed by atoms with Crippen LogP contribution in [0.4, 0.5) is 0 Å². The fourth-order valence-electron chi connectivity index (χ4n) is 4.96. The van der Waals surface area contributed by atoms with Crippen LogP contribution in [0, 0.1) is 11.8 Å². The number of carbonyl (C=O) groups is 4. The number of hydrazine groups is 1. The van der Waals surface area contributed by atoms with Gasteiger partial charge in [-0.1, -0.05) is 51.1 Å². The van der Waals surface area contributed by atoms with Crippen LogP contribution >= 0.6 is 0 Å². The molecule has 0 aliphatic carbocycles. The molecular weight excluding hydrogens is 510 g/mol. The van der Waals surface area contributed by atoms with E-state index in [2.05, 4.69) is 21.4 Å². The second-order valence-corrected chi connectivity index (χ2v) is 11.9. The molecule has 1 saturated heterocycles. The summed E-state index contributed by atoms with van der Waals surface area (Å²) in [5.74, 6) is -2.49. The lowest BCUT2D eigenvalue weighted by molar-refractivity contribution is -0.147. The molecule has 2 aliphatic rings. The highest BCUT2D eigenvalue weighted by Crippen LogP contribution is 2.19. The van der Waals surface area contributed by atoms with Crippen molar-refractivity contribution in [2.45, 2.75) is 97.0 Å². The molecule has 1 aromatic rings. The van der Waals surface area contributed by atoms with Gasteiger partial charge in [-0.15, -0.1) is 0 Å². The van der Waals surface area contributed by atoms with Crippen LogP contribution in [0.5, 0.6) is 0 Å². The lowest BCUT2D eigenvalue weighted by atomic mass is 9.95. The van der Waals surface area contributed by atoms with Gasteiger partial charge in [0, 0.05) is 6.54 Å². The van der Waals surface area contributed by atoms with E-state index in [9.17, 15) is 24.3 Å². The molecule has 2 aliphatic heterocycles. The van der Waals surface area contributed by atoms with E-state index in [0.717, 1.165) is 11.1 Å². The lowest BCUT2D eigenvalue weighted by Crippen LogP contribution is -2.66. The summed E-state index contributed by atoms with van der Waals surface area (Å²) in [7, 11) is 0. The molecule has 1 aromatic carbocycles. The van der Waals surface area contributed by atoms with Gasteiger partial charge < -0.3 is 21.1 Å². The van der Waals surface area contributed by atoms with Crippen LogP contribution < -0.4 is 21.4 Å². The van der Waals surface area contributed by atoms with Crippen molar-refractivity contribution in [1.29, 1.82) is 0 Å². The maximum absolute atomic E-state index is 13.5. The second kappa shape index (κ2) is 13.4. The third-order valence-corrected chi connectivity index (χ3v) is 7.66. The first kappa shape index (κ1) is 31.3. The van der Waals surface area contributed by atoms with Crippen molar-refractivity contribution in [1.82, 2.24) is 26.4 Å². The monoisotopic (exact) mass is 555 g/mol. The summed E-state index contributed by atoms with van der Waals surface area (Å²) in [6.45, 7) is 10.8. The molecule has 3 rings (SSSR count). The van der Waals surface area contributed by atoms with Gasteiger partial charge in [0.1, 0.15) is 17.6 Å². The molecule has 1 unspecified atom stereocenters. The van der Waals surface area contributed by atoms with Crippen molar-refractivity contribution < 1.29 is 24.3 Å². The van der Waals surface area contributed by atoms with Crippen molar-refractivity contribution in [2.75, 3.05) is 6.54 Å². The maximum atomic E-state index is 13.5. The number of aliphatic hydroxyl groups is 1. The topological polar surface area (TPSA) is 140 Å². The van der Waals surface area contributed by atoms with E-state index in [-0.39, 0.29) is 23.8 Å². The van der Waals surface area contributed by atoms with Crippen LogP contribution in [0.2, 0.25) is 0 Å². The zero-order chi connectivity index (χ0) is 29.6. The highest BCUT2D eigenvalue weighted by atomic mass is 16.3. The number of fused-ring (bicyclic) bond motifs is 4. The molecule has 0 spiro atoms. The van der Waals surface area contributed by atoms with Gasteiger partial charge in [-0.05, 0) is 69.6 Å². The van der Waals surface area contributed by atoms with Gasteiger partial charge in [-0.25, -0.2) is 5.43 Å². The average Bonchev–Trinajstić information content (AvgIpc) is 2.92. The molecule has 2 heterocycles. The minimum absolute atomic E-state index is 0.208. The number of benzene rings is 1. The predicted molar refractivity (Wildman–Crippen MR) is 153 cm³/mol. The second-order valence-electron chi connectivity index (χ2n) is 11.9. The van der Waals surface area contributed by atoms with Crippen molar-refractivity contribution in [3.8, 4) is 0 Å². The molecular formula is C30H45N5O5. The minimum Gasteiger partial charge on any atom is -0.392 e. The van der Waals surface area contributed by atoms with E-state index in [1.165, 1.54) is 5.01 Å². The molecule has 40 heavy (non-hydrogen) atoms. The van der Waals surface area contributed by atoms with Crippen LogP contribution in [0.25, 0.3) is 6.08 Å². The van der Waals surface area contributed by atoms with Gasteiger partial charge in [-0.3, -0.25) is 24.2 Å². The molecule has 5 N–H and O–H groups in total. The number of hydrogen-bond donors (Lipinski definition) is 5.